The van der Waals surface area contributed by atoms with Gasteiger partial charge in [-0.15, -0.1) is 0 Å². The number of benzene rings is 1. The Morgan fingerprint density at radius 2 is 2.09 bits per heavy atom. The molecule has 0 amide bonds. The third-order valence-electron chi connectivity index (χ3n) is 3.99. The number of rotatable bonds is 4. The maximum Gasteiger partial charge on any atom is 0.142 e. The standard InChI is InChI=1S/C18H19FN2O/c19-17-8-6-14(7-9-17)13-22-21-18-5-1-3-15(11-18)16-4-2-10-20-12-16/h2,4,6-10,12,15H,1,3,5,11,13H2/b21-18-. The highest BCUT2D eigenvalue weighted by Crippen LogP contribution is 2.31. The summed E-state index contributed by atoms with van der Waals surface area (Å²) in [5.74, 6) is 0.247. The van der Waals surface area contributed by atoms with Crippen LogP contribution in [0.1, 0.15) is 42.7 Å². The summed E-state index contributed by atoms with van der Waals surface area (Å²) in [6.07, 6.45) is 7.94. The van der Waals surface area contributed by atoms with E-state index in [1.54, 1.807) is 18.3 Å². The van der Waals surface area contributed by atoms with Gasteiger partial charge in [0.2, 0.25) is 0 Å². The quantitative estimate of drug-likeness (QED) is 0.781. The van der Waals surface area contributed by atoms with Crippen LogP contribution in [0.25, 0.3) is 0 Å². The lowest BCUT2D eigenvalue weighted by molar-refractivity contribution is 0.128. The molecule has 2 aromatic rings. The molecule has 0 saturated heterocycles. The van der Waals surface area contributed by atoms with Crippen molar-refractivity contribution in [3.63, 3.8) is 0 Å². The van der Waals surface area contributed by atoms with E-state index in [0.717, 1.165) is 30.5 Å². The average Bonchev–Trinajstić information content (AvgIpc) is 2.58. The summed E-state index contributed by atoms with van der Waals surface area (Å²) in [7, 11) is 0. The Bertz CT molecular complexity index is 625. The van der Waals surface area contributed by atoms with Gasteiger partial charge in [0.15, 0.2) is 0 Å². The predicted molar refractivity (Wildman–Crippen MR) is 84.1 cm³/mol. The number of oxime groups is 1. The Balaban J connectivity index is 1.56. The summed E-state index contributed by atoms with van der Waals surface area (Å²) >= 11 is 0. The third kappa shape index (κ3) is 3.91. The van der Waals surface area contributed by atoms with Gasteiger partial charge < -0.3 is 4.84 Å². The van der Waals surface area contributed by atoms with E-state index in [2.05, 4.69) is 16.2 Å². The van der Waals surface area contributed by atoms with Crippen molar-refractivity contribution < 1.29 is 9.23 Å². The first kappa shape index (κ1) is 14.7. The van der Waals surface area contributed by atoms with Crippen LogP contribution in [0.4, 0.5) is 4.39 Å². The average molecular weight is 298 g/mol. The molecular weight excluding hydrogens is 279 g/mol. The number of hydrogen-bond acceptors (Lipinski definition) is 3. The van der Waals surface area contributed by atoms with Crippen molar-refractivity contribution in [2.24, 2.45) is 5.16 Å². The highest BCUT2D eigenvalue weighted by atomic mass is 19.1. The van der Waals surface area contributed by atoms with Gasteiger partial charge in [-0.2, -0.15) is 0 Å². The fourth-order valence-electron chi connectivity index (χ4n) is 2.80. The second kappa shape index (κ2) is 7.16. The van der Waals surface area contributed by atoms with E-state index in [-0.39, 0.29) is 5.82 Å². The molecule has 1 heterocycles. The van der Waals surface area contributed by atoms with Gasteiger partial charge in [-0.05, 0) is 60.9 Å². The zero-order valence-corrected chi connectivity index (χ0v) is 12.4. The third-order valence-corrected chi connectivity index (χ3v) is 3.99. The van der Waals surface area contributed by atoms with Crippen molar-refractivity contribution in [2.45, 2.75) is 38.2 Å². The van der Waals surface area contributed by atoms with Crippen molar-refractivity contribution in [3.8, 4) is 0 Å². The smallest absolute Gasteiger partial charge is 0.142 e. The molecule has 3 rings (SSSR count). The molecule has 1 atom stereocenters. The van der Waals surface area contributed by atoms with Gasteiger partial charge >= 0.3 is 0 Å². The largest absolute Gasteiger partial charge is 0.391 e. The maximum absolute atomic E-state index is 12.8. The Morgan fingerprint density at radius 3 is 2.86 bits per heavy atom. The van der Waals surface area contributed by atoms with Crippen molar-refractivity contribution in [1.29, 1.82) is 0 Å². The first-order valence-corrected chi connectivity index (χ1v) is 7.63. The summed E-state index contributed by atoms with van der Waals surface area (Å²) in [6.45, 7) is 0.376. The number of aromatic nitrogens is 1. The molecule has 1 aromatic carbocycles. The van der Waals surface area contributed by atoms with E-state index in [1.165, 1.54) is 24.1 Å². The molecular formula is C18H19FN2O. The predicted octanol–water partition coefficient (Wildman–Crippen LogP) is 4.45. The Morgan fingerprint density at radius 1 is 1.23 bits per heavy atom. The molecule has 114 valence electrons. The van der Waals surface area contributed by atoms with Gasteiger partial charge in [-0.3, -0.25) is 4.98 Å². The Labute approximate surface area is 129 Å². The zero-order valence-electron chi connectivity index (χ0n) is 12.4. The summed E-state index contributed by atoms with van der Waals surface area (Å²) in [5, 5.41) is 4.28. The van der Waals surface area contributed by atoms with Gasteiger partial charge in [0, 0.05) is 12.4 Å². The minimum atomic E-state index is -0.235. The van der Waals surface area contributed by atoms with Crippen molar-refractivity contribution in [3.05, 3.63) is 65.7 Å². The van der Waals surface area contributed by atoms with Crippen LogP contribution in [-0.4, -0.2) is 10.7 Å². The molecule has 4 heteroatoms. The molecule has 0 N–H and O–H groups in total. The number of hydrogen-bond donors (Lipinski definition) is 0. The number of pyridine rings is 1. The van der Waals surface area contributed by atoms with E-state index in [4.69, 9.17) is 4.84 Å². The highest BCUT2D eigenvalue weighted by molar-refractivity contribution is 5.85. The van der Waals surface area contributed by atoms with Crippen LogP contribution in [-0.2, 0) is 11.4 Å². The second-order valence-corrected chi connectivity index (χ2v) is 5.64. The molecule has 1 fully saturated rings. The lowest BCUT2D eigenvalue weighted by Crippen LogP contribution is -2.14. The van der Waals surface area contributed by atoms with Crippen molar-refractivity contribution in [1.82, 2.24) is 4.98 Å². The molecule has 3 nitrogen and oxygen atoms in total. The van der Waals surface area contributed by atoms with E-state index in [0.29, 0.717) is 12.5 Å². The molecule has 0 radical (unpaired) electrons. The van der Waals surface area contributed by atoms with Gasteiger partial charge in [-0.1, -0.05) is 23.4 Å². The fourth-order valence-corrected chi connectivity index (χ4v) is 2.80. The Kier molecular flexibility index (Phi) is 4.78. The fraction of sp³-hybridized carbons (Fsp3) is 0.333. The van der Waals surface area contributed by atoms with E-state index >= 15 is 0 Å². The van der Waals surface area contributed by atoms with Crippen LogP contribution in [0.3, 0.4) is 0 Å². The number of nitrogens with zero attached hydrogens (tertiary/aromatic N) is 2. The zero-order chi connectivity index (χ0) is 15.2. The van der Waals surface area contributed by atoms with Gasteiger partial charge in [-0.25, -0.2) is 4.39 Å². The first-order chi connectivity index (χ1) is 10.8. The van der Waals surface area contributed by atoms with Crippen LogP contribution in [0.5, 0.6) is 0 Å². The van der Waals surface area contributed by atoms with Gasteiger partial charge in [0.1, 0.15) is 12.4 Å². The minimum absolute atomic E-state index is 0.235. The molecule has 0 bridgehead atoms. The molecule has 1 aliphatic rings. The lowest BCUT2D eigenvalue weighted by Gasteiger charge is -2.22. The van der Waals surface area contributed by atoms with E-state index < -0.39 is 0 Å². The first-order valence-electron chi connectivity index (χ1n) is 7.63. The van der Waals surface area contributed by atoms with E-state index in [9.17, 15) is 4.39 Å². The molecule has 0 spiro atoms. The molecule has 0 aliphatic heterocycles. The SMILES string of the molecule is Fc1ccc(CO/N=C2/CCCC(c3cccnc3)C2)cc1. The van der Waals surface area contributed by atoms with Crippen molar-refractivity contribution in [2.75, 3.05) is 0 Å². The summed E-state index contributed by atoms with van der Waals surface area (Å²) in [5.41, 5.74) is 3.29. The van der Waals surface area contributed by atoms with Gasteiger partial charge in [0.25, 0.3) is 0 Å². The van der Waals surface area contributed by atoms with Crippen LogP contribution < -0.4 is 0 Å². The van der Waals surface area contributed by atoms with Crippen LogP contribution in [0, 0.1) is 5.82 Å². The second-order valence-electron chi connectivity index (χ2n) is 5.64. The topological polar surface area (TPSA) is 34.5 Å². The maximum atomic E-state index is 12.8. The van der Waals surface area contributed by atoms with Crippen LogP contribution >= 0.6 is 0 Å². The van der Waals surface area contributed by atoms with Crippen molar-refractivity contribution >= 4 is 5.71 Å². The monoisotopic (exact) mass is 298 g/mol. The summed E-state index contributed by atoms with van der Waals surface area (Å²) in [6, 6.07) is 10.4. The molecule has 1 aliphatic carbocycles. The summed E-state index contributed by atoms with van der Waals surface area (Å²) < 4.78 is 12.8. The molecule has 1 saturated carbocycles. The van der Waals surface area contributed by atoms with E-state index in [1.807, 2.05) is 12.3 Å². The van der Waals surface area contributed by atoms with Crippen LogP contribution in [0.2, 0.25) is 0 Å². The lowest BCUT2D eigenvalue weighted by atomic mass is 9.84. The molecule has 1 unspecified atom stereocenters. The number of halogens is 1. The normalized spacial score (nSPS) is 20.0. The summed E-state index contributed by atoms with van der Waals surface area (Å²) in [4.78, 5) is 9.63. The Hall–Kier alpha value is -2.23. The molecule has 22 heavy (non-hydrogen) atoms. The molecule has 1 aromatic heterocycles. The minimum Gasteiger partial charge on any atom is -0.391 e. The van der Waals surface area contributed by atoms with Crippen LogP contribution in [0.15, 0.2) is 53.9 Å². The highest BCUT2D eigenvalue weighted by Gasteiger charge is 2.20. The van der Waals surface area contributed by atoms with Gasteiger partial charge in [0.05, 0.1) is 5.71 Å².